The fraction of sp³-hybridized carbons (Fsp3) is 0. The number of benzene rings is 6. The van der Waals surface area contributed by atoms with Crippen molar-refractivity contribution in [2.75, 3.05) is 0 Å². The second-order valence-electron chi connectivity index (χ2n) is 9.88. The van der Waals surface area contributed by atoms with Crippen molar-refractivity contribution >= 4 is 56.7 Å². The molecule has 44 heavy (non-hydrogen) atoms. The summed E-state index contributed by atoms with van der Waals surface area (Å²) >= 11 is 0. The minimum absolute atomic E-state index is 0.158. The molecular formula is C34H22N4O6. The van der Waals surface area contributed by atoms with E-state index in [1.807, 2.05) is 72.8 Å². The largest absolute Gasteiger partial charge is 0.507 e. The summed E-state index contributed by atoms with van der Waals surface area (Å²) in [7, 11) is 0. The number of phenolic OH excluding ortho intramolecular Hbond substituents is 2. The van der Waals surface area contributed by atoms with E-state index >= 15 is 0 Å². The number of nitrogens with zero attached hydrogens (tertiary/aromatic N) is 4. The number of hydrogen-bond donors (Lipinski definition) is 2. The average molecular weight is 583 g/mol. The molecule has 0 radical (unpaired) electrons. The third-order valence-corrected chi connectivity index (χ3v) is 7.19. The molecule has 0 unspecified atom stereocenters. The maximum atomic E-state index is 11.3. The normalized spacial score (nSPS) is 11.5. The van der Waals surface area contributed by atoms with Crippen LogP contribution in [0.25, 0.3) is 32.7 Å². The van der Waals surface area contributed by atoms with Crippen molar-refractivity contribution in [2.45, 2.75) is 0 Å². The SMILES string of the molecule is O=[N+]([O-])c1ccc(O)c(C=Nc2ccc3ccccc3c2-c2c(N=Cc3cc([N+](=O)[O-])ccc3O)ccc3ccccc23)c1. The van der Waals surface area contributed by atoms with Gasteiger partial charge in [0.25, 0.3) is 11.4 Å². The van der Waals surface area contributed by atoms with Crippen molar-refractivity contribution in [3.8, 4) is 22.6 Å². The van der Waals surface area contributed by atoms with E-state index in [0.717, 1.165) is 32.7 Å². The zero-order chi connectivity index (χ0) is 30.8. The van der Waals surface area contributed by atoms with Gasteiger partial charge in [0.05, 0.1) is 21.2 Å². The molecule has 0 spiro atoms. The van der Waals surface area contributed by atoms with E-state index in [9.17, 15) is 30.4 Å². The van der Waals surface area contributed by atoms with Crippen LogP contribution >= 0.6 is 0 Å². The lowest BCUT2D eigenvalue weighted by Gasteiger charge is -2.16. The van der Waals surface area contributed by atoms with E-state index in [-0.39, 0.29) is 34.0 Å². The Kier molecular flexibility index (Phi) is 7.22. The monoisotopic (exact) mass is 582 g/mol. The summed E-state index contributed by atoms with van der Waals surface area (Å²) in [4.78, 5) is 31.0. The average Bonchev–Trinajstić information content (AvgIpc) is 3.03. The first-order valence-electron chi connectivity index (χ1n) is 13.4. The Labute approximate surface area is 249 Å². The second kappa shape index (κ2) is 11.5. The molecule has 214 valence electrons. The molecule has 0 aliphatic heterocycles. The van der Waals surface area contributed by atoms with Gasteiger partial charge in [-0.3, -0.25) is 30.2 Å². The predicted molar refractivity (Wildman–Crippen MR) is 171 cm³/mol. The highest BCUT2D eigenvalue weighted by atomic mass is 16.6. The van der Waals surface area contributed by atoms with Gasteiger partial charge in [-0.25, -0.2) is 0 Å². The van der Waals surface area contributed by atoms with Crippen LogP contribution in [-0.2, 0) is 0 Å². The Bertz CT molecular complexity index is 2020. The molecule has 0 saturated heterocycles. The number of nitro groups is 2. The first kappa shape index (κ1) is 27.7. The molecule has 0 atom stereocenters. The van der Waals surface area contributed by atoms with Crippen molar-refractivity contribution < 1.29 is 20.1 Å². The zero-order valence-electron chi connectivity index (χ0n) is 22.9. The van der Waals surface area contributed by atoms with Gasteiger partial charge in [-0.15, -0.1) is 0 Å². The molecule has 0 aliphatic rings. The number of aliphatic imine (C=N–C) groups is 2. The van der Waals surface area contributed by atoms with Gasteiger partial charge in [0.2, 0.25) is 0 Å². The summed E-state index contributed by atoms with van der Waals surface area (Å²) in [5, 5.41) is 47.0. The molecule has 6 aromatic rings. The molecule has 2 N–H and O–H groups in total. The fourth-order valence-electron chi connectivity index (χ4n) is 5.06. The van der Waals surface area contributed by atoms with Gasteiger partial charge in [-0.1, -0.05) is 60.7 Å². The maximum Gasteiger partial charge on any atom is 0.270 e. The van der Waals surface area contributed by atoms with Gasteiger partial charge in [0.15, 0.2) is 0 Å². The number of rotatable bonds is 7. The molecule has 10 heteroatoms. The highest BCUT2D eigenvalue weighted by molar-refractivity contribution is 6.13. The summed E-state index contributed by atoms with van der Waals surface area (Å²) in [5.41, 5.74) is 2.46. The van der Waals surface area contributed by atoms with Crippen LogP contribution in [0.1, 0.15) is 11.1 Å². The number of hydrogen-bond acceptors (Lipinski definition) is 8. The summed E-state index contributed by atoms with van der Waals surface area (Å²) < 4.78 is 0. The minimum Gasteiger partial charge on any atom is -0.507 e. The lowest BCUT2D eigenvalue weighted by atomic mass is 9.91. The van der Waals surface area contributed by atoms with Gasteiger partial charge in [0, 0.05) is 58.9 Å². The molecule has 6 rings (SSSR count). The summed E-state index contributed by atoms with van der Waals surface area (Å²) in [6, 6.07) is 30.4. The van der Waals surface area contributed by atoms with Crippen molar-refractivity contribution in [1.29, 1.82) is 0 Å². The third-order valence-electron chi connectivity index (χ3n) is 7.19. The highest BCUT2D eigenvalue weighted by Gasteiger charge is 2.18. The third kappa shape index (κ3) is 5.30. The van der Waals surface area contributed by atoms with E-state index in [2.05, 4.69) is 0 Å². The molecule has 0 aliphatic carbocycles. The van der Waals surface area contributed by atoms with Crippen LogP contribution in [0.2, 0.25) is 0 Å². The number of phenols is 2. The Balaban J connectivity index is 1.60. The van der Waals surface area contributed by atoms with Crippen LogP contribution in [0.3, 0.4) is 0 Å². The zero-order valence-corrected chi connectivity index (χ0v) is 22.9. The van der Waals surface area contributed by atoms with E-state index < -0.39 is 9.85 Å². The van der Waals surface area contributed by atoms with E-state index in [4.69, 9.17) is 9.98 Å². The van der Waals surface area contributed by atoms with Gasteiger partial charge in [-0.05, 0) is 45.8 Å². The highest BCUT2D eigenvalue weighted by Crippen LogP contribution is 2.45. The lowest BCUT2D eigenvalue weighted by molar-refractivity contribution is -0.385. The first-order valence-corrected chi connectivity index (χ1v) is 13.4. The van der Waals surface area contributed by atoms with Crippen LogP contribution in [0, 0.1) is 20.2 Å². The van der Waals surface area contributed by atoms with Crippen LogP contribution in [0.5, 0.6) is 11.5 Å². The topological polar surface area (TPSA) is 151 Å². The van der Waals surface area contributed by atoms with Gasteiger partial charge >= 0.3 is 0 Å². The Morgan fingerprint density at radius 2 is 0.955 bits per heavy atom. The van der Waals surface area contributed by atoms with E-state index in [0.29, 0.717) is 11.4 Å². The molecule has 0 aromatic heterocycles. The molecule has 0 fully saturated rings. The minimum atomic E-state index is -0.544. The van der Waals surface area contributed by atoms with Crippen molar-refractivity contribution in [2.24, 2.45) is 9.98 Å². The Morgan fingerprint density at radius 1 is 0.545 bits per heavy atom. The van der Waals surface area contributed by atoms with Gasteiger partial charge in [0.1, 0.15) is 11.5 Å². The fourth-order valence-corrected chi connectivity index (χ4v) is 5.06. The Hall–Kier alpha value is -6.42. The molecule has 6 aromatic carbocycles. The quantitative estimate of drug-likeness (QED) is 0.110. The molecule has 10 nitrogen and oxygen atoms in total. The number of fused-ring (bicyclic) bond motifs is 2. The lowest BCUT2D eigenvalue weighted by Crippen LogP contribution is -1.92. The Morgan fingerprint density at radius 3 is 1.36 bits per heavy atom. The second-order valence-corrected chi connectivity index (χ2v) is 9.88. The summed E-state index contributed by atoms with van der Waals surface area (Å²) in [5.74, 6) is -0.317. The number of aromatic hydroxyl groups is 2. The van der Waals surface area contributed by atoms with E-state index in [1.165, 1.54) is 48.8 Å². The van der Waals surface area contributed by atoms with Crippen LogP contribution in [0.15, 0.2) is 119 Å². The van der Waals surface area contributed by atoms with Crippen molar-refractivity contribution in [3.63, 3.8) is 0 Å². The van der Waals surface area contributed by atoms with E-state index in [1.54, 1.807) is 0 Å². The number of non-ortho nitro benzene ring substituents is 2. The maximum absolute atomic E-state index is 11.3. The molecule has 0 saturated carbocycles. The molecule has 0 amide bonds. The van der Waals surface area contributed by atoms with Crippen LogP contribution in [0.4, 0.5) is 22.7 Å². The van der Waals surface area contributed by atoms with Gasteiger partial charge < -0.3 is 10.2 Å². The van der Waals surface area contributed by atoms with Gasteiger partial charge in [-0.2, -0.15) is 0 Å². The van der Waals surface area contributed by atoms with Crippen LogP contribution < -0.4 is 0 Å². The summed E-state index contributed by atoms with van der Waals surface area (Å²) in [6.45, 7) is 0. The number of nitro benzene ring substituents is 2. The standard InChI is InChI=1S/C34H22N4O6/c39-31-15-11-25(37(41)42)17-23(31)19-35-29-13-9-21-5-1-3-7-27(21)33(29)34-28-8-4-2-6-22(28)10-14-30(34)36-20-24-18-26(38(43)44)12-16-32(24)40/h1-20,39-40H. The van der Waals surface area contributed by atoms with Crippen LogP contribution in [-0.4, -0.2) is 32.5 Å². The predicted octanol–water partition coefficient (Wildman–Crippen LogP) is 8.39. The van der Waals surface area contributed by atoms with Crippen molar-refractivity contribution in [3.05, 3.63) is 141 Å². The molecule has 0 bridgehead atoms. The molecular weight excluding hydrogens is 560 g/mol. The molecule has 0 heterocycles. The summed E-state index contributed by atoms with van der Waals surface area (Å²) in [6.07, 6.45) is 2.76. The first-order chi connectivity index (χ1) is 21.3. The smallest absolute Gasteiger partial charge is 0.270 e. The van der Waals surface area contributed by atoms with Crippen molar-refractivity contribution in [1.82, 2.24) is 0 Å².